The molecule has 1 saturated carbocycles. The lowest BCUT2D eigenvalue weighted by Gasteiger charge is -2.17. The third-order valence-corrected chi connectivity index (χ3v) is 5.03. The maximum Gasteiger partial charge on any atom is 0.304 e. The number of carboxylic acid groups (broad SMARTS) is 1. The van der Waals surface area contributed by atoms with Crippen molar-refractivity contribution in [2.45, 2.75) is 32.6 Å². The summed E-state index contributed by atoms with van der Waals surface area (Å²) in [6.45, 7) is 2.13. The summed E-state index contributed by atoms with van der Waals surface area (Å²) < 4.78 is 24.6. The molecule has 0 heterocycles. The van der Waals surface area contributed by atoms with Gasteiger partial charge in [0, 0.05) is 13.6 Å². The highest BCUT2D eigenvalue weighted by Crippen LogP contribution is 2.48. The van der Waals surface area contributed by atoms with Crippen molar-refractivity contribution in [2.24, 2.45) is 5.41 Å². The van der Waals surface area contributed by atoms with Crippen molar-refractivity contribution in [1.29, 1.82) is 0 Å². The smallest absolute Gasteiger partial charge is 0.304 e. The van der Waals surface area contributed by atoms with Crippen LogP contribution in [0, 0.1) is 5.41 Å². The van der Waals surface area contributed by atoms with Crippen LogP contribution in [0.2, 0.25) is 0 Å². The van der Waals surface area contributed by atoms with Crippen LogP contribution in [0.4, 0.5) is 0 Å². The van der Waals surface area contributed by atoms with Gasteiger partial charge in [0.2, 0.25) is 10.0 Å². The van der Waals surface area contributed by atoms with Gasteiger partial charge in [-0.1, -0.05) is 6.92 Å². The van der Waals surface area contributed by atoms with Crippen LogP contribution in [0.15, 0.2) is 0 Å². The second-order valence-electron chi connectivity index (χ2n) is 4.84. The van der Waals surface area contributed by atoms with Gasteiger partial charge in [0.05, 0.1) is 12.2 Å². The first-order chi connectivity index (χ1) is 7.25. The lowest BCUT2D eigenvalue weighted by Crippen LogP contribution is -2.31. The van der Waals surface area contributed by atoms with E-state index in [0.29, 0.717) is 6.42 Å². The van der Waals surface area contributed by atoms with E-state index in [9.17, 15) is 13.2 Å². The van der Waals surface area contributed by atoms with E-state index < -0.39 is 16.0 Å². The molecule has 0 aliphatic heterocycles. The number of nitrogens with zero attached hydrogens (tertiary/aromatic N) is 1. The Kier molecular flexibility index (Phi) is 3.96. The van der Waals surface area contributed by atoms with E-state index in [1.165, 1.54) is 7.05 Å². The van der Waals surface area contributed by atoms with Crippen LogP contribution >= 0.6 is 0 Å². The molecule has 94 valence electrons. The molecule has 0 spiro atoms. The van der Waals surface area contributed by atoms with Gasteiger partial charge in [-0.05, 0) is 24.7 Å². The minimum absolute atomic E-state index is 0.0500. The molecule has 16 heavy (non-hydrogen) atoms. The Hall–Kier alpha value is -0.620. The highest BCUT2D eigenvalue weighted by atomic mass is 32.2. The number of carboxylic acids is 1. The minimum atomic E-state index is -3.28. The molecule has 0 atom stereocenters. The summed E-state index contributed by atoms with van der Waals surface area (Å²) in [6.07, 6.45) is 2.72. The summed E-state index contributed by atoms with van der Waals surface area (Å²) in [5, 5.41) is 8.48. The Morgan fingerprint density at radius 2 is 2.00 bits per heavy atom. The molecule has 6 heteroatoms. The third kappa shape index (κ3) is 4.09. The molecule has 0 aromatic rings. The molecular weight excluding hydrogens is 230 g/mol. The van der Waals surface area contributed by atoms with Crippen molar-refractivity contribution in [3.05, 3.63) is 0 Å². The first kappa shape index (κ1) is 13.4. The zero-order chi connectivity index (χ0) is 12.4. The first-order valence-corrected chi connectivity index (χ1v) is 7.02. The van der Waals surface area contributed by atoms with Gasteiger partial charge < -0.3 is 5.11 Å². The number of aliphatic carboxylic acids is 1. The second kappa shape index (κ2) is 4.71. The summed E-state index contributed by atoms with van der Waals surface area (Å²) >= 11 is 0. The number of rotatable bonds is 7. The summed E-state index contributed by atoms with van der Waals surface area (Å²) in [5.74, 6) is -0.851. The average Bonchev–Trinajstić information content (AvgIpc) is 2.91. The Bertz CT molecular complexity index is 359. The average molecular weight is 249 g/mol. The fraction of sp³-hybridized carbons (Fsp3) is 0.900. The van der Waals surface area contributed by atoms with Crippen LogP contribution in [-0.4, -0.2) is 43.1 Å². The fourth-order valence-corrected chi connectivity index (χ4v) is 2.82. The molecule has 0 amide bonds. The van der Waals surface area contributed by atoms with Gasteiger partial charge in [0.25, 0.3) is 0 Å². The van der Waals surface area contributed by atoms with Gasteiger partial charge in [-0.3, -0.25) is 4.79 Å². The van der Waals surface area contributed by atoms with E-state index in [2.05, 4.69) is 6.92 Å². The summed E-state index contributed by atoms with van der Waals surface area (Å²) in [7, 11) is -1.84. The molecule has 1 fully saturated rings. The molecule has 1 aliphatic carbocycles. The first-order valence-electron chi connectivity index (χ1n) is 5.41. The van der Waals surface area contributed by atoms with Gasteiger partial charge in [-0.2, -0.15) is 0 Å². The van der Waals surface area contributed by atoms with E-state index >= 15 is 0 Å². The van der Waals surface area contributed by atoms with Gasteiger partial charge in [-0.15, -0.1) is 0 Å². The zero-order valence-electron chi connectivity index (χ0n) is 9.77. The number of hydrogen-bond acceptors (Lipinski definition) is 3. The molecule has 0 saturated heterocycles. The lowest BCUT2D eigenvalue weighted by molar-refractivity contribution is -0.137. The van der Waals surface area contributed by atoms with Crippen molar-refractivity contribution in [3.63, 3.8) is 0 Å². The van der Waals surface area contributed by atoms with Crippen LogP contribution in [0.1, 0.15) is 32.6 Å². The van der Waals surface area contributed by atoms with Gasteiger partial charge in [-0.25, -0.2) is 12.7 Å². The van der Waals surface area contributed by atoms with E-state index in [4.69, 9.17) is 5.11 Å². The Morgan fingerprint density at radius 3 is 2.44 bits per heavy atom. The monoisotopic (exact) mass is 249 g/mol. The van der Waals surface area contributed by atoms with Crippen LogP contribution in [0.25, 0.3) is 0 Å². The topological polar surface area (TPSA) is 74.7 Å². The van der Waals surface area contributed by atoms with Crippen molar-refractivity contribution in [3.8, 4) is 0 Å². The highest BCUT2D eigenvalue weighted by molar-refractivity contribution is 7.89. The number of sulfonamides is 1. The molecular formula is C10H19NO4S. The maximum absolute atomic E-state index is 11.8. The largest absolute Gasteiger partial charge is 0.481 e. The zero-order valence-corrected chi connectivity index (χ0v) is 10.6. The lowest BCUT2D eigenvalue weighted by atomic mass is 10.1. The van der Waals surface area contributed by atoms with Crippen molar-refractivity contribution >= 4 is 16.0 Å². The van der Waals surface area contributed by atoms with Crippen LogP contribution in [-0.2, 0) is 14.8 Å². The van der Waals surface area contributed by atoms with Gasteiger partial charge in [0.1, 0.15) is 0 Å². The molecule has 0 bridgehead atoms. The Balaban J connectivity index is 2.39. The van der Waals surface area contributed by atoms with Crippen molar-refractivity contribution < 1.29 is 18.3 Å². The van der Waals surface area contributed by atoms with Crippen LogP contribution in [0.3, 0.4) is 0 Å². The standard InChI is InChI=1S/C10H19NO4S/c1-10(4-5-10)6-8-16(14,15)11(2)7-3-9(12)13/h3-8H2,1-2H3,(H,12,13). The van der Waals surface area contributed by atoms with E-state index in [1.807, 2.05) is 0 Å². The molecule has 5 nitrogen and oxygen atoms in total. The molecule has 0 aromatic heterocycles. The van der Waals surface area contributed by atoms with E-state index in [1.54, 1.807) is 0 Å². The Morgan fingerprint density at radius 1 is 1.44 bits per heavy atom. The maximum atomic E-state index is 11.8. The molecule has 0 aromatic carbocycles. The van der Waals surface area contributed by atoms with Crippen LogP contribution in [0.5, 0.6) is 0 Å². The SMILES string of the molecule is CN(CCC(=O)O)S(=O)(=O)CCC1(C)CC1. The molecule has 1 aliphatic rings. The second-order valence-corrected chi connectivity index (χ2v) is 7.04. The molecule has 1 rings (SSSR count). The minimum Gasteiger partial charge on any atom is -0.481 e. The predicted octanol–water partition coefficient (Wildman–Crippen LogP) is 0.913. The summed E-state index contributed by atoms with van der Waals surface area (Å²) in [5.41, 5.74) is 0.209. The Labute approximate surface area is 96.5 Å². The quantitative estimate of drug-likeness (QED) is 0.728. The fourth-order valence-electron chi connectivity index (χ4n) is 1.39. The normalized spacial score (nSPS) is 18.7. The van der Waals surface area contributed by atoms with Crippen LogP contribution < -0.4 is 0 Å². The number of carbonyl (C=O) groups is 1. The predicted molar refractivity (Wildman–Crippen MR) is 60.6 cm³/mol. The molecule has 0 radical (unpaired) electrons. The highest BCUT2D eigenvalue weighted by Gasteiger charge is 2.38. The molecule has 0 unspecified atom stereocenters. The van der Waals surface area contributed by atoms with Crippen molar-refractivity contribution in [1.82, 2.24) is 4.31 Å². The van der Waals surface area contributed by atoms with Gasteiger partial charge in [0.15, 0.2) is 0 Å². The summed E-state index contributed by atoms with van der Waals surface area (Å²) in [6, 6.07) is 0. The summed E-state index contributed by atoms with van der Waals surface area (Å²) in [4.78, 5) is 10.3. The number of hydrogen-bond donors (Lipinski definition) is 1. The van der Waals surface area contributed by atoms with E-state index in [0.717, 1.165) is 17.1 Å². The van der Waals surface area contributed by atoms with Crippen molar-refractivity contribution in [2.75, 3.05) is 19.3 Å². The molecule has 1 N–H and O–H groups in total. The van der Waals surface area contributed by atoms with Gasteiger partial charge >= 0.3 is 5.97 Å². The van der Waals surface area contributed by atoms with E-state index in [-0.39, 0.29) is 24.1 Å². The third-order valence-electron chi connectivity index (χ3n) is 3.18.